The maximum absolute atomic E-state index is 12.2. The van der Waals surface area contributed by atoms with Crippen LogP contribution in [0.25, 0.3) is 0 Å². The smallest absolute Gasteiger partial charge is 0.220 e. The van der Waals surface area contributed by atoms with Gasteiger partial charge in [0.15, 0.2) is 11.5 Å². The number of Topliss-reactive ketones (excluding diaryl/α,β-unsaturated/α-hetero) is 1. The fourth-order valence-electron chi connectivity index (χ4n) is 5.28. The number of rotatable bonds is 0. The summed E-state index contributed by atoms with van der Waals surface area (Å²) in [4.78, 5) is 24.2. The van der Waals surface area contributed by atoms with Crippen molar-refractivity contribution in [3.8, 4) is 0 Å². The number of carbonyl (C=O) groups is 2. The van der Waals surface area contributed by atoms with Crippen LogP contribution in [0, 0.1) is 17.3 Å². The van der Waals surface area contributed by atoms with E-state index < -0.39 is 28.7 Å². The monoisotopic (exact) mass is 316 g/mol. The molecule has 5 heteroatoms. The zero-order chi connectivity index (χ0) is 16.6. The highest BCUT2D eigenvalue weighted by molar-refractivity contribution is 6.06. The van der Waals surface area contributed by atoms with E-state index in [1.165, 1.54) is 6.08 Å². The average molecular weight is 316 g/mol. The van der Waals surface area contributed by atoms with E-state index >= 15 is 0 Å². The Labute approximate surface area is 134 Å². The van der Waals surface area contributed by atoms with Gasteiger partial charge in [-0.15, -0.1) is 0 Å². The van der Waals surface area contributed by atoms with Gasteiger partial charge in [-0.25, -0.2) is 0 Å². The number of fused-ring (bicyclic) bond motifs is 1. The van der Waals surface area contributed by atoms with Crippen LogP contribution in [-0.2, 0) is 9.59 Å². The molecule has 5 nitrogen and oxygen atoms in total. The van der Waals surface area contributed by atoms with Gasteiger partial charge < -0.3 is 15.3 Å². The van der Waals surface area contributed by atoms with E-state index in [1.54, 1.807) is 6.08 Å². The van der Waals surface area contributed by atoms with Crippen molar-refractivity contribution in [3.05, 3.63) is 35.1 Å². The lowest BCUT2D eigenvalue weighted by atomic mass is 9.43. The molecule has 122 valence electrons. The first kappa shape index (κ1) is 14.8. The van der Waals surface area contributed by atoms with Gasteiger partial charge in [0.05, 0.1) is 11.0 Å². The van der Waals surface area contributed by atoms with Crippen molar-refractivity contribution in [1.29, 1.82) is 0 Å². The number of hydrogen-bond acceptors (Lipinski definition) is 5. The molecule has 0 aromatic carbocycles. The van der Waals surface area contributed by atoms with Gasteiger partial charge in [0.1, 0.15) is 6.10 Å². The summed E-state index contributed by atoms with van der Waals surface area (Å²) in [6.45, 7) is 2.05. The van der Waals surface area contributed by atoms with E-state index in [-0.39, 0.29) is 36.0 Å². The lowest BCUT2D eigenvalue weighted by Crippen LogP contribution is -2.69. The molecule has 2 fully saturated rings. The number of hydrogen-bond donors (Lipinski definition) is 3. The predicted octanol–water partition coefficient (Wildman–Crippen LogP) is 1.36. The van der Waals surface area contributed by atoms with Crippen molar-refractivity contribution >= 4 is 11.6 Å². The zero-order valence-electron chi connectivity index (χ0n) is 13.0. The molecule has 23 heavy (non-hydrogen) atoms. The van der Waals surface area contributed by atoms with Crippen LogP contribution in [0.2, 0.25) is 0 Å². The first-order valence-electron chi connectivity index (χ1n) is 8.14. The molecule has 4 aliphatic rings. The molecule has 5 atom stereocenters. The van der Waals surface area contributed by atoms with Crippen molar-refractivity contribution < 1.29 is 24.9 Å². The van der Waals surface area contributed by atoms with Crippen LogP contribution in [0.1, 0.15) is 32.6 Å². The van der Waals surface area contributed by atoms with Gasteiger partial charge in [-0.2, -0.15) is 0 Å². The van der Waals surface area contributed by atoms with Gasteiger partial charge in [0, 0.05) is 17.9 Å². The SMILES string of the molecule is CC1CC[C@@]23C4=C(O)C(=O)C=CC4=CC1[C@]2(O)CCC(=O)C3O. The maximum atomic E-state index is 12.2. The lowest BCUT2D eigenvalue weighted by molar-refractivity contribution is -0.207. The maximum Gasteiger partial charge on any atom is 0.220 e. The molecule has 0 saturated heterocycles. The molecule has 4 rings (SSSR count). The van der Waals surface area contributed by atoms with Gasteiger partial charge in [-0.3, -0.25) is 9.59 Å². The summed E-state index contributed by atoms with van der Waals surface area (Å²) in [6, 6.07) is 0. The third kappa shape index (κ3) is 1.54. The number of aliphatic hydroxyl groups is 3. The second-order valence-corrected chi connectivity index (χ2v) is 7.35. The molecule has 2 bridgehead atoms. The molecule has 3 unspecified atom stereocenters. The van der Waals surface area contributed by atoms with Gasteiger partial charge in [0.2, 0.25) is 5.78 Å². The molecule has 0 amide bonds. The average Bonchev–Trinajstić information content (AvgIpc) is 2.51. The topological polar surface area (TPSA) is 94.8 Å². The molecule has 4 aliphatic carbocycles. The molecule has 0 aromatic heterocycles. The Morgan fingerprint density at radius 3 is 2.70 bits per heavy atom. The summed E-state index contributed by atoms with van der Waals surface area (Å²) in [5.74, 6) is -1.32. The van der Waals surface area contributed by atoms with Gasteiger partial charge in [-0.1, -0.05) is 19.1 Å². The summed E-state index contributed by atoms with van der Waals surface area (Å²) in [5.41, 5.74) is -1.68. The van der Waals surface area contributed by atoms with Crippen molar-refractivity contribution in [2.75, 3.05) is 0 Å². The normalized spacial score (nSPS) is 45.5. The second-order valence-electron chi connectivity index (χ2n) is 7.35. The first-order valence-corrected chi connectivity index (χ1v) is 8.14. The van der Waals surface area contributed by atoms with E-state index in [2.05, 4.69) is 6.92 Å². The summed E-state index contributed by atoms with van der Waals surface area (Å²) in [7, 11) is 0. The van der Waals surface area contributed by atoms with Crippen LogP contribution in [0.15, 0.2) is 35.1 Å². The van der Waals surface area contributed by atoms with Crippen molar-refractivity contribution in [3.63, 3.8) is 0 Å². The number of aliphatic hydroxyl groups excluding tert-OH is 2. The zero-order valence-corrected chi connectivity index (χ0v) is 13.0. The summed E-state index contributed by atoms with van der Waals surface area (Å²) < 4.78 is 0. The Hall–Kier alpha value is -1.72. The van der Waals surface area contributed by atoms with Crippen molar-refractivity contribution in [2.24, 2.45) is 17.3 Å². The molecule has 0 radical (unpaired) electrons. The molecular formula is C18H20O5. The second kappa shape index (κ2) is 4.42. The molecule has 0 aliphatic heterocycles. The summed E-state index contributed by atoms with van der Waals surface area (Å²) in [6.07, 6.45) is 4.89. The van der Waals surface area contributed by atoms with Gasteiger partial charge in [0.25, 0.3) is 0 Å². The van der Waals surface area contributed by atoms with Crippen LogP contribution in [0.3, 0.4) is 0 Å². The minimum Gasteiger partial charge on any atom is -0.504 e. The molecule has 0 spiro atoms. The minimum absolute atomic E-state index is 0.115. The predicted molar refractivity (Wildman–Crippen MR) is 81.4 cm³/mol. The van der Waals surface area contributed by atoms with Crippen LogP contribution >= 0.6 is 0 Å². The Morgan fingerprint density at radius 1 is 1.22 bits per heavy atom. The minimum atomic E-state index is -1.39. The van der Waals surface area contributed by atoms with Gasteiger partial charge in [-0.05, 0) is 36.8 Å². The molecule has 3 N–H and O–H groups in total. The Bertz CT molecular complexity index is 715. The molecule has 0 aromatic rings. The van der Waals surface area contributed by atoms with E-state index in [0.717, 1.165) is 6.42 Å². The van der Waals surface area contributed by atoms with E-state index in [0.29, 0.717) is 12.0 Å². The Kier molecular flexibility index (Phi) is 2.86. The fraction of sp³-hybridized carbons (Fsp3) is 0.556. The van der Waals surface area contributed by atoms with E-state index in [9.17, 15) is 24.9 Å². The first-order chi connectivity index (χ1) is 10.8. The molecule has 2 saturated carbocycles. The lowest BCUT2D eigenvalue weighted by Gasteiger charge is -2.63. The number of carbonyl (C=O) groups excluding carboxylic acids is 2. The largest absolute Gasteiger partial charge is 0.504 e. The van der Waals surface area contributed by atoms with Gasteiger partial charge >= 0.3 is 0 Å². The highest BCUT2D eigenvalue weighted by Gasteiger charge is 2.69. The van der Waals surface area contributed by atoms with Crippen LogP contribution in [0.5, 0.6) is 0 Å². The third-order valence-corrected chi connectivity index (χ3v) is 6.43. The number of allylic oxidation sites excluding steroid dienone is 3. The van der Waals surface area contributed by atoms with Crippen LogP contribution in [-0.4, -0.2) is 38.6 Å². The van der Waals surface area contributed by atoms with Crippen LogP contribution in [0.4, 0.5) is 0 Å². The standard InChI is InChI=1S/C18H20O5/c1-9-4-6-17-14-10(2-3-12(19)15(14)21)8-11(9)18(17,23)7-5-13(20)16(17)22/h2-3,8-9,11,16,21-23H,4-7H2,1H3/t9?,11?,16?,17-,18+/m0/s1. The highest BCUT2D eigenvalue weighted by Crippen LogP contribution is 2.65. The highest BCUT2D eigenvalue weighted by atomic mass is 16.3. The van der Waals surface area contributed by atoms with Crippen molar-refractivity contribution in [1.82, 2.24) is 0 Å². The van der Waals surface area contributed by atoms with E-state index in [1.807, 2.05) is 6.08 Å². The molecule has 0 heterocycles. The summed E-state index contributed by atoms with van der Waals surface area (Å²) >= 11 is 0. The number of ketones is 2. The molecular weight excluding hydrogens is 296 g/mol. The quantitative estimate of drug-likeness (QED) is 0.627. The summed E-state index contributed by atoms with van der Waals surface area (Å²) in [5, 5.41) is 32.7. The Balaban J connectivity index is 2.07. The fourth-order valence-corrected chi connectivity index (χ4v) is 5.28. The third-order valence-electron chi connectivity index (χ3n) is 6.43. The van der Waals surface area contributed by atoms with Crippen molar-refractivity contribution in [2.45, 2.75) is 44.3 Å². The Morgan fingerprint density at radius 2 is 1.96 bits per heavy atom. The van der Waals surface area contributed by atoms with Crippen LogP contribution < -0.4 is 0 Å². The van der Waals surface area contributed by atoms with E-state index in [4.69, 9.17) is 0 Å².